The van der Waals surface area contributed by atoms with Crippen LogP contribution in [0.25, 0.3) is 0 Å². The van der Waals surface area contributed by atoms with Crippen molar-refractivity contribution in [1.82, 2.24) is 4.31 Å². The number of nitrogens with zero attached hydrogens (tertiary/aromatic N) is 1. The second kappa shape index (κ2) is 4.50. The van der Waals surface area contributed by atoms with Gasteiger partial charge in [0.05, 0.1) is 10.5 Å². The minimum atomic E-state index is -4.46. The summed E-state index contributed by atoms with van der Waals surface area (Å²) < 4.78 is 62.2. The summed E-state index contributed by atoms with van der Waals surface area (Å²) in [5.74, 6) is 0. The van der Waals surface area contributed by atoms with Gasteiger partial charge in [0.15, 0.2) is 0 Å². The number of rotatable bonds is 3. The van der Waals surface area contributed by atoms with Gasteiger partial charge in [-0.25, -0.2) is 8.42 Å². The van der Waals surface area contributed by atoms with Crippen LogP contribution in [-0.2, 0) is 16.2 Å². The molecule has 1 saturated heterocycles. The smallest absolute Gasteiger partial charge is 0.207 e. The molecule has 100 valence electrons. The van der Waals surface area contributed by atoms with Crippen molar-refractivity contribution >= 4 is 26.0 Å². The SMILES string of the molecule is O=S(=O)(c1ccc(C(F)(F)F)cc1)N1CC1CBr. The molecule has 0 spiro atoms. The molecule has 0 radical (unpaired) electrons. The van der Waals surface area contributed by atoms with E-state index in [9.17, 15) is 21.6 Å². The Balaban J connectivity index is 2.25. The number of benzene rings is 1. The molecule has 3 nitrogen and oxygen atoms in total. The van der Waals surface area contributed by atoms with Crippen molar-refractivity contribution < 1.29 is 21.6 Å². The Bertz CT molecular complexity index is 541. The fraction of sp³-hybridized carbons (Fsp3) is 0.400. The van der Waals surface area contributed by atoms with E-state index < -0.39 is 21.8 Å². The average Bonchev–Trinajstić information content (AvgIpc) is 3.08. The average molecular weight is 344 g/mol. The first-order valence-corrected chi connectivity index (χ1v) is 7.58. The molecular formula is C10H9BrF3NO2S. The standard InChI is InChI=1S/C10H9BrF3NO2S/c11-5-8-6-15(8)18(16,17)9-3-1-7(2-4-9)10(12,13)14/h1-4,8H,5-6H2. The Morgan fingerprint density at radius 2 is 1.83 bits per heavy atom. The van der Waals surface area contributed by atoms with E-state index in [1.165, 1.54) is 4.31 Å². The molecular weight excluding hydrogens is 335 g/mol. The normalized spacial score (nSPS) is 24.0. The fourth-order valence-electron chi connectivity index (χ4n) is 1.53. The number of halogens is 4. The van der Waals surface area contributed by atoms with Gasteiger partial charge in [-0.2, -0.15) is 17.5 Å². The summed E-state index contributed by atoms with van der Waals surface area (Å²) in [5, 5.41) is 0.521. The largest absolute Gasteiger partial charge is 0.416 e. The van der Waals surface area contributed by atoms with Gasteiger partial charge in [-0.3, -0.25) is 0 Å². The molecule has 1 aromatic rings. The summed E-state index contributed by atoms with van der Waals surface area (Å²) in [6.45, 7) is 0.397. The van der Waals surface area contributed by atoms with E-state index in [0.717, 1.165) is 24.3 Å². The van der Waals surface area contributed by atoms with Crippen LogP contribution in [0.15, 0.2) is 29.2 Å². The van der Waals surface area contributed by atoms with Gasteiger partial charge in [-0.1, -0.05) is 15.9 Å². The minimum absolute atomic E-state index is 0.0997. The molecule has 0 bridgehead atoms. The minimum Gasteiger partial charge on any atom is -0.207 e. The Hall–Kier alpha value is -0.600. The van der Waals surface area contributed by atoms with E-state index in [2.05, 4.69) is 15.9 Å². The third-order valence-electron chi connectivity index (χ3n) is 2.63. The van der Waals surface area contributed by atoms with Crippen molar-refractivity contribution in [3.05, 3.63) is 29.8 Å². The summed E-state index contributed by atoms with van der Waals surface area (Å²) in [4.78, 5) is -0.112. The lowest BCUT2D eigenvalue weighted by atomic mass is 10.2. The Morgan fingerprint density at radius 3 is 2.22 bits per heavy atom. The molecule has 0 saturated carbocycles. The van der Waals surface area contributed by atoms with Crippen LogP contribution in [-0.4, -0.2) is 30.6 Å². The lowest BCUT2D eigenvalue weighted by Crippen LogP contribution is -2.15. The third-order valence-corrected chi connectivity index (χ3v) is 5.31. The molecule has 2 unspecified atom stereocenters. The van der Waals surface area contributed by atoms with E-state index in [1.807, 2.05) is 0 Å². The molecule has 0 amide bonds. The highest BCUT2D eigenvalue weighted by atomic mass is 79.9. The topological polar surface area (TPSA) is 37.1 Å². The quantitative estimate of drug-likeness (QED) is 0.624. The zero-order chi connectivity index (χ0) is 13.6. The van der Waals surface area contributed by atoms with Gasteiger partial charge in [-0.05, 0) is 24.3 Å². The van der Waals surface area contributed by atoms with Crippen LogP contribution in [0.5, 0.6) is 0 Å². The molecule has 1 aliphatic rings. The molecule has 18 heavy (non-hydrogen) atoms. The third kappa shape index (κ3) is 2.55. The van der Waals surface area contributed by atoms with Crippen molar-refractivity contribution in [2.75, 3.05) is 11.9 Å². The predicted octanol–water partition coefficient (Wildman–Crippen LogP) is 2.47. The monoisotopic (exact) mass is 343 g/mol. The van der Waals surface area contributed by atoms with Gasteiger partial charge in [0.1, 0.15) is 0 Å². The Labute approximate surface area is 111 Å². The summed E-state index contributed by atoms with van der Waals surface area (Å²) >= 11 is 3.16. The molecule has 0 aromatic heterocycles. The molecule has 8 heteroatoms. The van der Waals surface area contributed by atoms with Crippen LogP contribution in [0.4, 0.5) is 13.2 Å². The molecule has 0 N–H and O–H groups in total. The molecule has 2 rings (SSSR count). The Morgan fingerprint density at radius 1 is 1.28 bits per heavy atom. The van der Waals surface area contributed by atoms with Gasteiger partial charge < -0.3 is 0 Å². The van der Waals surface area contributed by atoms with Crippen molar-refractivity contribution in [3.63, 3.8) is 0 Å². The van der Waals surface area contributed by atoms with Gasteiger partial charge in [0.25, 0.3) is 0 Å². The van der Waals surface area contributed by atoms with E-state index in [4.69, 9.17) is 0 Å². The zero-order valence-corrected chi connectivity index (χ0v) is 11.4. The maximum absolute atomic E-state index is 12.3. The zero-order valence-electron chi connectivity index (χ0n) is 8.98. The summed E-state index contributed by atoms with van der Waals surface area (Å²) in [6.07, 6.45) is -4.46. The van der Waals surface area contributed by atoms with Gasteiger partial charge >= 0.3 is 6.18 Å². The van der Waals surface area contributed by atoms with Gasteiger partial charge in [-0.15, -0.1) is 0 Å². The number of alkyl halides is 4. The van der Waals surface area contributed by atoms with Crippen LogP contribution in [0.2, 0.25) is 0 Å². The Kier molecular flexibility index (Phi) is 3.46. The van der Waals surface area contributed by atoms with Crippen LogP contribution in [0.1, 0.15) is 5.56 Å². The molecule has 1 fully saturated rings. The van der Waals surface area contributed by atoms with Gasteiger partial charge in [0, 0.05) is 17.9 Å². The van der Waals surface area contributed by atoms with Crippen LogP contribution in [0, 0.1) is 0 Å². The van der Waals surface area contributed by atoms with Crippen LogP contribution >= 0.6 is 15.9 Å². The second-order valence-electron chi connectivity index (χ2n) is 3.90. The molecule has 1 aromatic carbocycles. The molecule has 0 aliphatic carbocycles. The highest BCUT2D eigenvalue weighted by molar-refractivity contribution is 9.09. The van der Waals surface area contributed by atoms with E-state index >= 15 is 0 Å². The van der Waals surface area contributed by atoms with E-state index in [0.29, 0.717) is 11.9 Å². The number of sulfonamides is 1. The van der Waals surface area contributed by atoms with Crippen molar-refractivity contribution in [2.24, 2.45) is 0 Å². The van der Waals surface area contributed by atoms with Crippen LogP contribution in [0.3, 0.4) is 0 Å². The summed E-state index contributed by atoms with van der Waals surface area (Å²) in [5.41, 5.74) is -0.857. The maximum Gasteiger partial charge on any atom is 0.416 e. The summed E-state index contributed by atoms with van der Waals surface area (Å²) in [7, 11) is -3.65. The van der Waals surface area contributed by atoms with E-state index in [1.54, 1.807) is 0 Å². The first kappa shape index (κ1) is 13.8. The van der Waals surface area contributed by atoms with Crippen molar-refractivity contribution in [1.29, 1.82) is 0 Å². The number of hydrogen-bond donors (Lipinski definition) is 0. The molecule has 1 aliphatic heterocycles. The lowest BCUT2D eigenvalue weighted by molar-refractivity contribution is -0.137. The maximum atomic E-state index is 12.3. The van der Waals surface area contributed by atoms with Crippen LogP contribution < -0.4 is 0 Å². The van der Waals surface area contributed by atoms with Crippen molar-refractivity contribution in [2.45, 2.75) is 17.1 Å². The lowest BCUT2D eigenvalue weighted by Gasteiger charge is -2.09. The fourth-order valence-corrected chi connectivity index (χ4v) is 3.86. The second-order valence-corrected chi connectivity index (χ2v) is 6.44. The molecule has 2 atom stereocenters. The highest BCUT2D eigenvalue weighted by Crippen LogP contribution is 2.32. The first-order chi connectivity index (χ1) is 8.26. The van der Waals surface area contributed by atoms with Gasteiger partial charge in [0.2, 0.25) is 10.0 Å². The predicted molar refractivity (Wildman–Crippen MR) is 62.9 cm³/mol. The summed E-state index contributed by atoms with van der Waals surface area (Å²) in [6, 6.07) is 3.43. The first-order valence-electron chi connectivity index (χ1n) is 5.02. The number of hydrogen-bond acceptors (Lipinski definition) is 2. The molecule has 1 heterocycles. The van der Waals surface area contributed by atoms with E-state index in [-0.39, 0.29) is 10.9 Å². The van der Waals surface area contributed by atoms with Crippen molar-refractivity contribution in [3.8, 4) is 0 Å². The highest BCUT2D eigenvalue weighted by Gasteiger charge is 2.43.